The Kier molecular flexibility index (Phi) is 6.76. The molecule has 0 aliphatic heterocycles. The van der Waals surface area contributed by atoms with Crippen LogP contribution in [0.25, 0.3) is 66.9 Å². The highest BCUT2D eigenvalue weighted by atomic mass is 14.9. The van der Waals surface area contributed by atoms with Gasteiger partial charge in [-0.3, -0.25) is 0 Å². The standard InChI is InChI=1S/C45H33N3/c46-29-30-19-22-39-38(25-30)43-37(17-10-18-40(43)45(39)23-7-2-8-24-45)34-15-9-16-35(27-34)42-28-41(32-12-3-1-4-13-32)47-44(48-42)36-21-20-31-11-5-6-14-33(31)26-36/h1,3-6,9-22,25-28H,2,7-8,23-24H2. The lowest BCUT2D eigenvalue weighted by Crippen LogP contribution is -2.28. The summed E-state index contributed by atoms with van der Waals surface area (Å²) in [7, 11) is 0. The Morgan fingerprint density at radius 3 is 2.06 bits per heavy atom. The zero-order valence-corrected chi connectivity index (χ0v) is 26.7. The molecule has 1 aromatic heterocycles. The summed E-state index contributed by atoms with van der Waals surface area (Å²) in [6.45, 7) is 0. The molecule has 9 rings (SSSR count). The molecule has 7 aromatic rings. The normalized spacial score (nSPS) is 14.4. The molecule has 6 aromatic carbocycles. The van der Waals surface area contributed by atoms with Crippen LogP contribution in [0.2, 0.25) is 0 Å². The number of hydrogen-bond acceptors (Lipinski definition) is 3. The molecular weight excluding hydrogens is 583 g/mol. The van der Waals surface area contributed by atoms with Gasteiger partial charge in [-0.25, -0.2) is 9.97 Å². The fourth-order valence-corrected chi connectivity index (χ4v) is 8.21. The van der Waals surface area contributed by atoms with E-state index in [2.05, 4.69) is 133 Å². The van der Waals surface area contributed by atoms with E-state index < -0.39 is 0 Å². The third-order valence-corrected chi connectivity index (χ3v) is 10.5. The smallest absolute Gasteiger partial charge is 0.160 e. The second-order valence-electron chi connectivity index (χ2n) is 13.2. The molecule has 3 nitrogen and oxygen atoms in total. The third-order valence-electron chi connectivity index (χ3n) is 10.5. The summed E-state index contributed by atoms with van der Waals surface area (Å²) in [5.74, 6) is 0.709. The van der Waals surface area contributed by atoms with Crippen LogP contribution in [0, 0.1) is 11.3 Å². The van der Waals surface area contributed by atoms with Gasteiger partial charge in [-0.05, 0) is 87.3 Å². The van der Waals surface area contributed by atoms with Gasteiger partial charge in [-0.2, -0.15) is 5.26 Å². The third kappa shape index (κ3) is 4.64. The van der Waals surface area contributed by atoms with Crippen LogP contribution < -0.4 is 0 Å². The monoisotopic (exact) mass is 615 g/mol. The first-order valence-electron chi connectivity index (χ1n) is 16.9. The number of nitriles is 1. The average Bonchev–Trinajstić information content (AvgIpc) is 3.43. The largest absolute Gasteiger partial charge is 0.228 e. The molecule has 0 atom stereocenters. The first-order valence-corrected chi connectivity index (χ1v) is 16.9. The lowest BCUT2D eigenvalue weighted by atomic mass is 9.67. The topological polar surface area (TPSA) is 49.6 Å². The summed E-state index contributed by atoms with van der Waals surface area (Å²) < 4.78 is 0. The molecule has 0 amide bonds. The van der Waals surface area contributed by atoms with Gasteiger partial charge in [0.15, 0.2) is 5.82 Å². The first-order chi connectivity index (χ1) is 23.7. The Labute approximate surface area is 281 Å². The van der Waals surface area contributed by atoms with E-state index in [1.54, 1.807) is 0 Å². The van der Waals surface area contributed by atoms with Crippen molar-refractivity contribution in [2.24, 2.45) is 0 Å². The van der Waals surface area contributed by atoms with Crippen molar-refractivity contribution in [3.63, 3.8) is 0 Å². The zero-order chi connectivity index (χ0) is 32.1. The van der Waals surface area contributed by atoms with Crippen LogP contribution in [0.3, 0.4) is 0 Å². The molecule has 1 saturated carbocycles. The summed E-state index contributed by atoms with van der Waals surface area (Å²) in [6, 6.07) is 51.7. The van der Waals surface area contributed by atoms with Gasteiger partial charge in [0, 0.05) is 22.1 Å². The van der Waals surface area contributed by atoms with E-state index in [0.717, 1.165) is 46.5 Å². The SMILES string of the molecule is N#Cc1ccc2c(c1)-c1c(-c3cccc(-c4cc(-c5ccccc5)nc(-c5ccc6ccccc6c5)n4)c3)cccc1C21CCCCC1. The van der Waals surface area contributed by atoms with Gasteiger partial charge in [0.25, 0.3) is 0 Å². The molecule has 1 fully saturated rings. The van der Waals surface area contributed by atoms with E-state index in [4.69, 9.17) is 9.97 Å². The molecular formula is C45H33N3. The van der Waals surface area contributed by atoms with E-state index in [1.165, 1.54) is 57.9 Å². The van der Waals surface area contributed by atoms with Crippen LogP contribution in [-0.4, -0.2) is 9.97 Å². The highest BCUT2D eigenvalue weighted by Gasteiger charge is 2.44. The van der Waals surface area contributed by atoms with Crippen molar-refractivity contribution < 1.29 is 0 Å². The number of benzene rings is 6. The highest BCUT2D eigenvalue weighted by Crippen LogP contribution is 2.58. The number of aromatic nitrogens is 2. The molecule has 0 saturated heterocycles. The van der Waals surface area contributed by atoms with Crippen LogP contribution in [0.5, 0.6) is 0 Å². The molecule has 0 unspecified atom stereocenters. The predicted octanol–water partition coefficient (Wildman–Crippen LogP) is 11.4. The second-order valence-corrected chi connectivity index (χ2v) is 13.2. The highest BCUT2D eigenvalue weighted by molar-refractivity contribution is 5.94. The molecule has 0 bridgehead atoms. The van der Waals surface area contributed by atoms with Crippen molar-refractivity contribution in [1.82, 2.24) is 9.97 Å². The molecule has 2 aliphatic rings. The fourth-order valence-electron chi connectivity index (χ4n) is 8.21. The Balaban J connectivity index is 1.21. The predicted molar refractivity (Wildman–Crippen MR) is 195 cm³/mol. The molecule has 0 N–H and O–H groups in total. The van der Waals surface area contributed by atoms with E-state index in [-0.39, 0.29) is 5.41 Å². The molecule has 0 radical (unpaired) electrons. The Morgan fingerprint density at radius 2 is 1.23 bits per heavy atom. The van der Waals surface area contributed by atoms with Crippen LogP contribution in [0.15, 0.2) is 140 Å². The number of fused-ring (bicyclic) bond motifs is 6. The zero-order valence-electron chi connectivity index (χ0n) is 26.7. The van der Waals surface area contributed by atoms with E-state index >= 15 is 0 Å². The summed E-state index contributed by atoms with van der Waals surface area (Å²) in [5.41, 5.74) is 13.3. The molecule has 48 heavy (non-hydrogen) atoms. The van der Waals surface area contributed by atoms with Crippen LogP contribution >= 0.6 is 0 Å². The average molecular weight is 616 g/mol. The maximum atomic E-state index is 9.87. The molecule has 1 heterocycles. The molecule has 3 heteroatoms. The van der Waals surface area contributed by atoms with E-state index in [0.29, 0.717) is 11.4 Å². The Hall–Kier alpha value is -5.85. The molecule has 1 spiro atoms. The summed E-state index contributed by atoms with van der Waals surface area (Å²) in [5, 5.41) is 12.2. The number of hydrogen-bond donors (Lipinski definition) is 0. The van der Waals surface area contributed by atoms with Gasteiger partial charge in [0.1, 0.15) is 0 Å². The van der Waals surface area contributed by atoms with Gasteiger partial charge in [0.05, 0.1) is 23.0 Å². The summed E-state index contributed by atoms with van der Waals surface area (Å²) >= 11 is 0. The van der Waals surface area contributed by atoms with Crippen molar-refractivity contribution in [3.8, 4) is 62.2 Å². The maximum Gasteiger partial charge on any atom is 0.160 e. The van der Waals surface area contributed by atoms with Crippen LogP contribution in [-0.2, 0) is 5.41 Å². The first kappa shape index (κ1) is 28.4. The number of rotatable bonds is 4. The minimum absolute atomic E-state index is 0.0243. The van der Waals surface area contributed by atoms with E-state index in [9.17, 15) is 5.26 Å². The van der Waals surface area contributed by atoms with Gasteiger partial charge >= 0.3 is 0 Å². The van der Waals surface area contributed by atoms with Crippen molar-refractivity contribution in [2.45, 2.75) is 37.5 Å². The van der Waals surface area contributed by atoms with Crippen molar-refractivity contribution in [1.29, 1.82) is 5.26 Å². The number of nitrogens with zero attached hydrogens (tertiary/aromatic N) is 3. The fraction of sp³-hybridized carbons (Fsp3) is 0.133. The van der Waals surface area contributed by atoms with Crippen LogP contribution in [0.4, 0.5) is 0 Å². The lowest BCUT2D eigenvalue weighted by Gasteiger charge is -2.36. The summed E-state index contributed by atoms with van der Waals surface area (Å²) in [6.07, 6.45) is 6.06. The summed E-state index contributed by atoms with van der Waals surface area (Å²) in [4.78, 5) is 10.3. The Bertz CT molecular complexity index is 2390. The minimum atomic E-state index is 0.0243. The molecule has 228 valence electrons. The van der Waals surface area contributed by atoms with Gasteiger partial charge in [-0.1, -0.05) is 128 Å². The van der Waals surface area contributed by atoms with Crippen molar-refractivity contribution in [2.75, 3.05) is 0 Å². The van der Waals surface area contributed by atoms with Gasteiger partial charge in [-0.15, -0.1) is 0 Å². The van der Waals surface area contributed by atoms with Gasteiger partial charge < -0.3 is 0 Å². The quantitative estimate of drug-likeness (QED) is 0.198. The second kappa shape index (κ2) is 11.4. The van der Waals surface area contributed by atoms with Gasteiger partial charge in [0.2, 0.25) is 0 Å². The van der Waals surface area contributed by atoms with Crippen molar-refractivity contribution in [3.05, 3.63) is 156 Å². The molecule has 2 aliphatic carbocycles. The van der Waals surface area contributed by atoms with E-state index in [1.807, 2.05) is 12.1 Å². The van der Waals surface area contributed by atoms with Crippen LogP contribution in [0.1, 0.15) is 48.8 Å². The van der Waals surface area contributed by atoms with Crippen molar-refractivity contribution >= 4 is 10.8 Å². The maximum absolute atomic E-state index is 9.87. The minimum Gasteiger partial charge on any atom is -0.228 e. The lowest BCUT2D eigenvalue weighted by molar-refractivity contribution is 0.353. The Morgan fingerprint density at radius 1 is 0.500 bits per heavy atom.